The van der Waals surface area contributed by atoms with Gasteiger partial charge in [0, 0.05) is 0 Å². The van der Waals surface area contributed by atoms with Crippen molar-refractivity contribution in [3.8, 4) is 11.1 Å². The average Bonchev–Trinajstić information content (AvgIpc) is 2.63. The molecule has 0 atom stereocenters. The molecule has 3 aromatic rings. The number of hydrogen-bond donors (Lipinski definition) is 0. The van der Waals surface area contributed by atoms with Crippen molar-refractivity contribution in [3.05, 3.63) is 78.9 Å². The van der Waals surface area contributed by atoms with Gasteiger partial charge in [-0.2, -0.15) is 0 Å². The van der Waals surface area contributed by atoms with E-state index in [1.54, 1.807) is 5.19 Å². The van der Waals surface area contributed by atoms with Crippen molar-refractivity contribution in [1.82, 2.24) is 0 Å². The van der Waals surface area contributed by atoms with Gasteiger partial charge in [0.15, 0.2) is 0 Å². The van der Waals surface area contributed by atoms with Crippen LogP contribution < -0.4 is 14.1 Å². The van der Waals surface area contributed by atoms with Crippen LogP contribution in [-0.4, -0.2) is 23.0 Å². The van der Waals surface area contributed by atoms with Crippen LogP contribution in [0.15, 0.2) is 78.9 Å². The molecule has 0 heterocycles. The molecule has 0 aromatic heterocycles. The van der Waals surface area contributed by atoms with Crippen molar-refractivity contribution in [1.29, 1.82) is 0 Å². The summed E-state index contributed by atoms with van der Waals surface area (Å²) in [6.45, 7) is 9.70. The molecule has 0 unspecified atom stereocenters. The monoisotopic (exact) mass is 410 g/mol. The Morgan fingerprint density at radius 1 is 0.760 bits per heavy atom. The van der Waals surface area contributed by atoms with Gasteiger partial charge in [-0.25, -0.2) is 0 Å². The Kier molecular flexibility index (Phi) is 5.63. The fourth-order valence-electron chi connectivity index (χ4n) is 2.83. The van der Waals surface area contributed by atoms with Crippen molar-refractivity contribution in [2.75, 3.05) is 0 Å². The topological polar surface area (TPSA) is 0 Å². The minimum atomic E-state index is -1.41. The summed E-state index contributed by atoms with van der Waals surface area (Å²) in [4.78, 5) is 0. The molecule has 0 fully saturated rings. The first-order valence-electron chi connectivity index (χ1n) is 8.91. The van der Waals surface area contributed by atoms with E-state index in [2.05, 4.69) is 106 Å². The van der Waals surface area contributed by atoms with Crippen LogP contribution in [0.2, 0.25) is 18.6 Å². The Bertz CT molecular complexity index is 837. The van der Waals surface area contributed by atoms with E-state index in [0.29, 0.717) is 15.0 Å². The third kappa shape index (κ3) is 4.15. The first-order valence-corrected chi connectivity index (χ1v) is 13.7. The molecule has 25 heavy (non-hydrogen) atoms. The molecule has 128 valence electrons. The zero-order chi connectivity index (χ0) is 17.9. The standard InChI is InChI=1S/C23H26SeSi/c1-18(2)25(3,4)21-14-10-11-19(17-21)22-15-8-9-16-23(22)24-20-12-6-5-7-13-20/h5-18H,1-4H3. The molecule has 0 aliphatic rings. The Balaban J connectivity index is 2.00. The van der Waals surface area contributed by atoms with Crippen molar-refractivity contribution in [2.45, 2.75) is 32.5 Å². The molecule has 3 rings (SSSR count). The van der Waals surface area contributed by atoms with E-state index in [9.17, 15) is 0 Å². The van der Waals surface area contributed by atoms with Gasteiger partial charge in [0.1, 0.15) is 0 Å². The minimum absolute atomic E-state index is 0.332. The SMILES string of the molecule is CC(C)[Si](C)(C)c1cccc(-c2ccccc2[Se]c2ccccc2)c1. The molecule has 0 bridgehead atoms. The summed E-state index contributed by atoms with van der Waals surface area (Å²) in [6, 6.07) is 29.0. The molecule has 0 amide bonds. The Hall–Kier alpha value is -1.60. The van der Waals surface area contributed by atoms with Gasteiger partial charge < -0.3 is 0 Å². The molecular formula is C23H26SeSi. The molecule has 0 spiro atoms. The van der Waals surface area contributed by atoms with Crippen LogP contribution >= 0.6 is 0 Å². The molecule has 0 saturated heterocycles. The number of benzene rings is 3. The Morgan fingerprint density at radius 2 is 1.44 bits per heavy atom. The van der Waals surface area contributed by atoms with Crippen molar-refractivity contribution >= 4 is 37.1 Å². The van der Waals surface area contributed by atoms with Crippen LogP contribution in [0, 0.1) is 0 Å². The van der Waals surface area contributed by atoms with E-state index in [1.165, 1.54) is 20.1 Å². The van der Waals surface area contributed by atoms with Crippen molar-refractivity contribution < 1.29 is 0 Å². The van der Waals surface area contributed by atoms with Crippen molar-refractivity contribution in [2.24, 2.45) is 0 Å². The summed E-state index contributed by atoms with van der Waals surface area (Å²) in [7, 11) is -1.41. The first-order chi connectivity index (χ1) is 12.0. The predicted molar refractivity (Wildman–Crippen MR) is 116 cm³/mol. The van der Waals surface area contributed by atoms with Gasteiger partial charge in [-0.1, -0.05) is 0 Å². The summed E-state index contributed by atoms with van der Waals surface area (Å²) >= 11 is 0.332. The summed E-state index contributed by atoms with van der Waals surface area (Å²) in [5.41, 5.74) is 3.50. The summed E-state index contributed by atoms with van der Waals surface area (Å²) < 4.78 is 2.89. The maximum absolute atomic E-state index is 2.48. The zero-order valence-corrected chi connectivity index (χ0v) is 18.2. The number of rotatable bonds is 5. The molecule has 0 nitrogen and oxygen atoms in total. The van der Waals surface area contributed by atoms with Crippen LogP contribution in [-0.2, 0) is 0 Å². The molecule has 0 N–H and O–H groups in total. The summed E-state index contributed by atoms with van der Waals surface area (Å²) in [5, 5.41) is 1.56. The first kappa shape index (κ1) is 18.2. The molecule has 0 saturated carbocycles. The van der Waals surface area contributed by atoms with Crippen LogP contribution in [0.5, 0.6) is 0 Å². The average molecular weight is 410 g/mol. The molecule has 3 aromatic carbocycles. The van der Waals surface area contributed by atoms with Crippen molar-refractivity contribution in [3.63, 3.8) is 0 Å². The quantitative estimate of drug-likeness (QED) is 0.550. The molecule has 2 heteroatoms. The molecule has 0 radical (unpaired) electrons. The summed E-state index contributed by atoms with van der Waals surface area (Å²) in [6.07, 6.45) is 0. The van der Waals surface area contributed by atoms with Crippen LogP contribution in [0.25, 0.3) is 11.1 Å². The second-order valence-corrected chi connectivity index (χ2v) is 14.9. The van der Waals surface area contributed by atoms with E-state index >= 15 is 0 Å². The van der Waals surface area contributed by atoms with Crippen LogP contribution in [0.3, 0.4) is 0 Å². The maximum atomic E-state index is 2.48. The summed E-state index contributed by atoms with van der Waals surface area (Å²) in [5.74, 6) is 0. The molecular weight excluding hydrogens is 383 g/mol. The van der Waals surface area contributed by atoms with Gasteiger partial charge >= 0.3 is 160 Å². The van der Waals surface area contributed by atoms with Gasteiger partial charge in [0.2, 0.25) is 0 Å². The normalized spacial score (nSPS) is 11.7. The fourth-order valence-corrected chi connectivity index (χ4v) is 6.63. The van der Waals surface area contributed by atoms with Gasteiger partial charge in [-0.3, -0.25) is 0 Å². The van der Waals surface area contributed by atoms with Gasteiger partial charge in [-0.05, 0) is 0 Å². The predicted octanol–water partition coefficient (Wildman–Crippen LogP) is 4.33. The Morgan fingerprint density at radius 3 is 2.16 bits per heavy atom. The fraction of sp³-hybridized carbons (Fsp3) is 0.217. The second kappa shape index (κ2) is 7.74. The van der Waals surface area contributed by atoms with Gasteiger partial charge in [-0.15, -0.1) is 0 Å². The molecule has 0 aliphatic carbocycles. The molecule has 0 aliphatic heterocycles. The van der Waals surface area contributed by atoms with E-state index in [0.717, 1.165) is 5.54 Å². The van der Waals surface area contributed by atoms with Crippen LogP contribution in [0.4, 0.5) is 0 Å². The zero-order valence-electron chi connectivity index (χ0n) is 15.5. The van der Waals surface area contributed by atoms with E-state index in [1.807, 2.05) is 0 Å². The second-order valence-electron chi connectivity index (χ2n) is 7.37. The third-order valence-electron chi connectivity index (χ3n) is 5.22. The Labute approximate surface area is 159 Å². The number of hydrogen-bond acceptors (Lipinski definition) is 0. The van der Waals surface area contributed by atoms with E-state index in [4.69, 9.17) is 0 Å². The van der Waals surface area contributed by atoms with Gasteiger partial charge in [0.05, 0.1) is 0 Å². The third-order valence-corrected chi connectivity index (χ3v) is 12.2. The van der Waals surface area contributed by atoms with Crippen LogP contribution in [0.1, 0.15) is 13.8 Å². The van der Waals surface area contributed by atoms with E-state index in [-0.39, 0.29) is 0 Å². The van der Waals surface area contributed by atoms with E-state index < -0.39 is 8.07 Å². The van der Waals surface area contributed by atoms with Gasteiger partial charge in [0.25, 0.3) is 0 Å².